The summed E-state index contributed by atoms with van der Waals surface area (Å²) in [5.41, 5.74) is 0.146. The fourth-order valence-electron chi connectivity index (χ4n) is 1.04. The van der Waals surface area contributed by atoms with E-state index in [-0.39, 0.29) is 18.1 Å². The van der Waals surface area contributed by atoms with Crippen molar-refractivity contribution in [2.75, 3.05) is 20.8 Å². The van der Waals surface area contributed by atoms with Crippen molar-refractivity contribution in [2.45, 2.75) is 0 Å². The van der Waals surface area contributed by atoms with Crippen LogP contribution in [0.5, 0.6) is 0 Å². The third-order valence-corrected chi connectivity index (χ3v) is 1.84. The van der Waals surface area contributed by atoms with Crippen molar-refractivity contribution in [1.29, 1.82) is 0 Å². The number of hydrogen-bond donors (Lipinski definition) is 1. The van der Waals surface area contributed by atoms with Crippen molar-refractivity contribution < 1.29 is 19.4 Å². The lowest BCUT2D eigenvalue weighted by atomic mass is 10.4. The van der Waals surface area contributed by atoms with Gasteiger partial charge in [-0.05, 0) is 12.1 Å². The number of carbonyl (C=O) groups is 1. The van der Waals surface area contributed by atoms with Crippen LogP contribution in [0.3, 0.4) is 0 Å². The number of carbonyl (C=O) groups excluding carboxylic acids is 1. The number of aromatic nitrogens is 1. The number of rotatable bonds is 5. The van der Waals surface area contributed by atoms with E-state index in [1.54, 1.807) is 18.3 Å². The van der Waals surface area contributed by atoms with Gasteiger partial charge in [-0.15, -0.1) is 10.2 Å². The smallest absolute Gasteiger partial charge is 0.362 e. The summed E-state index contributed by atoms with van der Waals surface area (Å²) in [6.45, 7) is -0.156. The Hall–Kier alpha value is -2.28. The quantitative estimate of drug-likeness (QED) is 0.372. The molecule has 18 heavy (non-hydrogen) atoms. The maximum absolute atomic E-state index is 11.4. The zero-order valence-corrected chi connectivity index (χ0v) is 10.0. The second-order valence-electron chi connectivity index (χ2n) is 3.13. The Bertz CT molecular complexity index is 457. The Kier molecular flexibility index (Phi) is 5.46. The SMILES string of the molecule is COCC(O)=C(N=Nc1cccnc1)C(=O)OC. The fourth-order valence-corrected chi connectivity index (χ4v) is 1.04. The van der Waals surface area contributed by atoms with E-state index in [4.69, 9.17) is 4.74 Å². The predicted octanol–water partition coefficient (Wildman–Crippen LogP) is 1.75. The number of hydrogen-bond acceptors (Lipinski definition) is 7. The van der Waals surface area contributed by atoms with Crippen molar-refractivity contribution in [2.24, 2.45) is 10.2 Å². The molecule has 0 fully saturated rings. The monoisotopic (exact) mass is 251 g/mol. The Balaban J connectivity index is 2.96. The number of ether oxygens (including phenoxy) is 2. The van der Waals surface area contributed by atoms with Crippen LogP contribution < -0.4 is 0 Å². The van der Waals surface area contributed by atoms with Crippen LogP contribution in [0.4, 0.5) is 5.69 Å². The van der Waals surface area contributed by atoms with Crippen molar-refractivity contribution >= 4 is 11.7 Å². The molecule has 0 spiro atoms. The molecule has 0 aliphatic heterocycles. The molecule has 0 saturated carbocycles. The van der Waals surface area contributed by atoms with Crippen LogP contribution in [-0.2, 0) is 14.3 Å². The van der Waals surface area contributed by atoms with Crippen LogP contribution >= 0.6 is 0 Å². The molecule has 1 N–H and O–H groups in total. The average Bonchev–Trinajstić information content (AvgIpc) is 2.40. The van der Waals surface area contributed by atoms with E-state index >= 15 is 0 Å². The summed E-state index contributed by atoms with van der Waals surface area (Å²) in [5.74, 6) is -1.14. The first-order valence-electron chi connectivity index (χ1n) is 5.00. The Morgan fingerprint density at radius 2 is 2.28 bits per heavy atom. The fraction of sp³-hybridized carbons (Fsp3) is 0.273. The summed E-state index contributed by atoms with van der Waals surface area (Å²) in [6, 6.07) is 3.32. The molecule has 0 aromatic carbocycles. The highest BCUT2D eigenvalue weighted by Crippen LogP contribution is 2.13. The molecule has 0 unspecified atom stereocenters. The Morgan fingerprint density at radius 3 is 2.83 bits per heavy atom. The largest absolute Gasteiger partial charge is 0.507 e. The van der Waals surface area contributed by atoms with Crippen LogP contribution in [0.15, 0.2) is 46.2 Å². The maximum Gasteiger partial charge on any atom is 0.362 e. The maximum atomic E-state index is 11.4. The number of methoxy groups -OCH3 is 2. The molecule has 96 valence electrons. The first-order valence-corrected chi connectivity index (χ1v) is 5.00. The molecular weight excluding hydrogens is 238 g/mol. The van der Waals surface area contributed by atoms with Gasteiger partial charge < -0.3 is 14.6 Å². The minimum absolute atomic E-state index is 0.156. The normalized spacial score (nSPS) is 12.3. The van der Waals surface area contributed by atoms with Gasteiger partial charge >= 0.3 is 5.97 Å². The molecule has 0 atom stereocenters. The molecule has 0 aliphatic rings. The lowest BCUT2D eigenvalue weighted by Crippen LogP contribution is -2.08. The van der Waals surface area contributed by atoms with E-state index in [9.17, 15) is 9.90 Å². The van der Waals surface area contributed by atoms with E-state index in [1.165, 1.54) is 20.4 Å². The van der Waals surface area contributed by atoms with Crippen LogP contribution in [0.1, 0.15) is 0 Å². The topological polar surface area (TPSA) is 93.4 Å². The summed E-state index contributed by atoms with van der Waals surface area (Å²) in [5, 5.41) is 17.0. The summed E-state index contributed by atoms with van der Waals surface area (Å²) >= 11 is 0. The van der Waals surface area contributed by atoms with Gasteiger partial charge in [0.25, 0.3) is 0 Å². The molecule has 7 nitrogen and oxygen atoms in total. The minimum atomic E-state index is -0.794. The van der Waals surface area contributed by atoms with Gasteiger partial charge in [0.05, 0.1) is 13.3 Å². The lowest BCUT2D eigenvalue weighted by molar-refractivity contribution is -0.136. The zero-order chi connectivity index (χ0) is 13.4. The van der Waals surface area contributed by atoms with Crippen LogP contribution in [-0.4, -0.2) is 36.9 Å². The van der Waals surface area contributed by atoms with E-state index < -0.39 is 5.97 Å². The number of esters is 1. The van der Waals surface area contributed by atoms with E-state index in [0.29, 0.717) is 5.69 Å². The highest BCUT2D eigenvalue weighted by Gasteiger charge is 2.15. The summed E-state index contributed by atoms with van der Waals surface area (Å²) in [6.07, 6.45) is 3.05. The molecule has 0 amide bonds. The average molecular weight is 251 g/mol. The molecule has 0 aliphatic carbocycles. The van der Waals surface area contributed by atoms with Gasteiger partial charge in [0.15, 0.2) is 5.76 Å². The van der Waals surface area contributed by atoms with Crippen LogP contribution in [0.2, 0.25) is 0 Å². The second-order valence-corrected chi connectivity index (χ2v) is 3.13. The molecule has 1 heterocycles. The highest BCUT2D eigenvalue weighted by atomic mass is 16.5. The molecule has 1 aromatic heterocycles. The van der Waals surface area contributed by atoms with E-state index in [2.05, 4.69) is 19.9 Å². The van der Waals surface area contributed by atoms with Gasteiger partial charge in [0.2, 0.25) is 5.70 Å². The van der Waals surface area contributed by atoms with Crippen molar-refractivity contribution in [1.82, 2.24) is 4.98 Å². The predicted molar refractivity (Wildman–Crippen MR) is 62.3 cm³/mol. The molecule has 0 bridgehead atoms. The minimum Gasteiger partial charge on any atom is -0.507 e. The van der Waals surface area contributed by atoms with E-state index in [0.717, 1.165) is 0 Å². The molecule has 0 radical (unpaired) electrons. The number of nitrogens with zero attached hydrogens (tertiary/aromatic N) is 3. The number of pyridine rings is 1. The molecule has 1 aromatic rings. The van der Waals surface area contributed by atoms with Gasteiger partial charge in [0.1, 0.15) is 12.3 Å². The van der Waals surface area contributed by atoms with Gasteiger partial charge in [-0.3, -0.25) is 4.98 Å². The molecule has 0 saturated heterocycles. The Labute approximate surface area is 104 Å². The van der Waals surface area contributed by atoms with Gasteiger partial charge in [-0.25, -0.2) is 4.79 Å². The Morgan fingerprint density at radius 1 is 1.50 bits per heavy atom. The third kappa shape index (κ3) is 3.95. The van der Waals surface area contributed by atoms with Gasteiger partial charge in [0, 0.05) is 13.3 Å². The van der Waals surface area contributed by atoms with Crippen LogP contribution in [0.25, 0.3) is 0 Å². The van der Waals surface area contributed by atoms with Gasteiger partial charge in [-0.1, -0.05) is 0 Å². The standard InChI is InChI=1S/C11H13N3O4/c1-17-7-9(15)10(11(16)18-2)14-13-8-4-3-5-12-6-8/h3-6,15H,7H2,1-2H3. The second kappa shape index (κ2) is 7.13. The lowest BCUT2D eigenvalue weighted by Gasteiger charge is -2.02. The van der Waals surface area contributed by atoms with Crippen LogP contribution in [0, 0.1) is 0 Å². The van der Waals surface area contributed by atoms with Crippen molar-refractivity contribution in [3.63, 3.8) is 0 Å². The highest BCUT2D eigenvalue weighted by molar-refractivity contribution is 5.88. The summed E-state index contributed by atoms with van der Waals surface area (Å²) < 4.78 is 9.19. The summed E-state index contributed by atoms with van der Waals surface area (Å²) in [7, 11) is 2.56. The van der Waals surface area contributed by atoms with Crippen molar-refractivity contribution in [3.05, 3.63) is 36.0 Å². The summed E-state index contributed by atoms with van der Waals surface area (Å²) in [4.78, 5) is 15.2. The zero-order valence-electron chi connectivity index (χ0n) is 10.0. The first kappa shape index (κ1) is 13.8. The number of azo groups is 1. The number of aliphatic hydroxyl groups excluding tert-OH is 1. The third-order valence-electron chi connectivity index (χ3n) is 1.84. The van der Waals surface area contributed by atoms with Crippen molar-refractivity contribution in [3.8, 4) is 0 Å². The van der Waals surface area contributed by atoms with E-state index in [1.807, 2.05) is 0 Å². The molecule has 7 heteroatoms. The molecular formula is C11H13N3O4. The van der Waals surface area contributed by atoms with Gasteiger partial charge in [-0.2, -0.15) is 0 Å². The molecule has 1 rings (SSSR count). The number of aliphatic hydroxyl groups is 1. The first-order chi connectivity index (χ1) is 8.69.